The van der Waals surface area contributed by atoms with E-state index in [0.29, 0.717) is 11.9 Å². The molecule has 1 unspecified atom stereocenters. The van der Waals surface area contributed by atoms with E-state index in [2.05, 4.69) is 13.8 Å². The summed E-state index contributed by atoms with van der Waals surface area (Å²) >= 11 is 0. The second-order valence-corrected chi connectivity index (χ2v) is 4.41. The molecule has 1 fully saturated rings. The minimum Gasteiger partial charge on any atom is -0.339 e. The van der Waals surface area contributed by atoms with Gasteiger partial charge in [0, 0.05) is 19.0 Å². The third-order valence-electron chi connectivity index (χ3n) is 3.08. The zero-order valence-corrected chi connectivity index (χ0v) is 9.59. The molecule has 0 N–H and O–H groups in total. The molecule has 1 atom stereocenters. The van der Waals surface area contributed by atoms with Crippen molar-refractivity contribution in [1.29, 1.82) is 0 Å². The Balaban J connectivity index is 1.91. The smallest absolute Gasteiger partial charge is 0.224 e. The molecule has 1 saturated heterocycles. The van der Waals surface area contributed by atoms with Crippen LogP contribution in [0, 0.1) is 0 Å². The van der Waals surface area contributed by atoms with Gasteiger partial charge in [0.25, 0.3) is 0 Å². The number of nitrogens with zero attached hydrogens (tertiary/aromatic N) is 1. The standard InChI is InChI=1S/C12H23NO/c1-3-4-5-6-7-8-9-13-11(2)10-12(13)14/h11H,3-10H2,1-2H3. The largest absolute Gasteiger partial charge is 0.339 e. The Bertz CT molecular complexity index is 179. The van der Waals surface area contributed by atoms with Gasteiger partial charge in [-0.2, -0.15) is 0 Å². The van der Waals surface area contributed by atoms with Crippen molar-refractivity contribution < 1.29 is 4.79 Å². The van der Waals surface area contributed by atoms with Gasteiger partial charge in [-0.05, 0) is 13.3 Å². The van der Waals surface area contributed by atoms with Crippen LogP contribution in [0.3, 0.4) is 0 Å². The highest BCUT2D eigenvalue weighted by Crippen LogP contribution is 2.19. The van der Waals surface area contributed by atoms with Crippen LogP contribution in [0.5, 0.6) is 0 Å². The summed E-state index contributed by atoms with van der Waals surface area (Å²) in [6.07, 6.45) is 8.62. The minimum atomic E-state index is 0.353. The molecule has 0 spiro atoms. The number of hydrogen-bond acceptors (Lipinski definition) is 1. The molecule has 1 heterocycles. The molecule has 0 radical (unpaired) electrons. The molecule has 2 heteroatoms. The predicted molar refractivity (Wildman–Crippen MR) is 59.2 cm³/mol. The molecule has 1 aliphatic rings. The molecule has 0 aliphatic carbocycles. The van der Waals surface area contributed by atoms with Crippen LogP contribution < -0.4 is 0 Å². The highest BCUT2D eigenvalue weighted by Gasteiger charge is 2.31. The fourth-order valence-electron chi connectivity index (χ4n) is 2.02. The predicted octanol–water partition coefficient (Wildman–Crippen LogP) is 2.97. The summed E-state index contributed by atoms with van der Waals surface area (Å²) in [5, 5.41) is 0. The van der Waals surface area contributed by atoms with Crippen LogP contribution in [0.15, 0.2) is 0 Å². The van der Waals surface area contributed by atoms with Gasteiger partial charge in [-0.1, -0.05) is 39.0 Å². The molecule has 0 aromatic rings. The molecule has 1 amide bonds. The van der Waals surface area contributed by atoms with Gasteiger partial charge in [-0.3, -0.25) is 4.79 Å². The van der Waals surface area contributed by atoms with Crippen molar-refractivity contribution in [3.05, 3.63) is 0 Å². The highest BCUT2D eigenvalue weighted by atomic mass is 16.2. The fraction of sp³-hybridized carbons (Fsp3) is 0.917. The van der Waals surface area contributed by atoms with E-state index in [0.717, 1.165) is 13.0 Å². The lowest BCUT2D eigenvalue weighted by Gasteiger charge is -2.38. The monoisotopic (exact) mass is 197 g/mol. The van der Waals surface area contributed by atoms with E-state index >= 15 is 0 Å². The lowest BCUT2D eigenvalue weighted by molar-refractivity contribution is -0.144. The summed E-state index contributed by atoms with van der Waals surface area (Å²) in [6, 6.07) is 0.512. The van der Waals surface area contributed by atoms with Gasteiger partial charge < -0.3 is 4.90 Å². The summed E-state index contributed by atoms with van der Waals surface area (Å²) in [6.45, 7) is 5.37. The van der Waals surface area contributed by atoms with E-state index < -0.39 is 0 Å². The molecule has 0 aromatic heterocycles. The third-order valence-corrected chi connectivity index (χ3v) is 3.08. The highest BCUT2D eigenvalue weighted by molar-refractivity contribution is 5.82. The molecule has 0 saturated carbocycles. The van der Waals surface area contributed by atoms with Gasteiger partial charge in [0.2, 0.25) is 5.91 Å². The van der Waals surface area contributed by atoms with Crippen molar-refractivity contribution in [3.63, 3.8) is 0 Å². The van der Waals surface area contributed by atoms with Crippen LogP contribution in [0.1, 0.15) is 58.8 Å². The van der Waals surface area contributed by atoms with Gasteiger partial charge in [0.05, 0.1) is 0 Å². The van der Waals surface area contributed by atoms with Crippen LogP contribution in [-0.4, -0.2) is 23.4 Å². The van der Waals surface area contributed by atoms with Gasteiger partial charge in [0.1, 0.15) is 0 Å². The van der Waals surface area contributed by atoms with E-state index in [4.69, 9.17) is 0 Å². The Morgan fingerprint density at radius 1 is 1.21 bits per heavy atom. The molecule has 2 nitrogen and oxygen atoms in total. The van der Waals surface area contributed by atoms with Gasteiger partial charge in [-0.25, -0.2) is 0 Å². The van der Waals surface area contributed by atoms with Crippen molar-refractivity contribution in [2.75, 3.05) is 6.54 Å². The number of unbranched alkanes of at least 4 members (excludes halogenated alkanes) is 5. The number of carbonyl (C=O) groups excluding carboxylic acids is 1. The van der Waals surface area contributed by atoms with Gasteiger partial charge in [-0.15, -0.1) is 0 Å². The number of amides is 1. The van der Waals surface area contributed by atoms with Crippen molar-refractivity contribution in [1.82, 2.24) is 4.90 Å². The van der Waals surface area contributed by atoms with Crippen LogP contribution in [0.2, 0.25) is 0 Å². The Morgan fingerprint density at radius 2 is 1.86 bits per heavy atom. The van der Waals surface area contributed by atoms with Crippen LogP contribution >= 0.6 is 0 Å². The summed E-state index contributed by atoms with van der Waals surface area (Å²) in [4.78, 5) is 13.1. The SMILES string of the molecule is CCCCCCCCN1C(=O)CC1C. The zero-order chi connectivity index (χ0) is 10.4. The maximum atomic E-state index is 11.1. The minimum absolute atomic E-state index is 0.353. The third kappa shape index (κ3) is 3.32. The maximum Gasteiger partial charge on any atom is 0.224 e. The first-order valence-corrected chi connectivity index (χ1v) is 6.05. The Morgan fingerprint density at radius 3 is 2.43 bits per heavy atom. The van der Waals surface area contributed by atoms with Gasteiger partial charge >= 0.3 is 0 Å². The molecule has 14 heavy (non-hydrogen) atoms. The first-order valence-electron chi connectivity index (χ1n) is 6.05. The number of β-lactam (4-membered cyclic amide) rings is 1. The van der Waals surface area contributed by atoms with Crippen molar-refractivity contribution in [3.8, 4) is 0 Å². The van der Waals surface area contributed by atoms with Crippen molar-refractivity contribution in [2.24, 2.45) is 0 Å². The molecular weight excluding hydrogens is 174 g/mol. The van der Waals surface area contributed by atoms with E-state index in [-0.39, 0.29) is 0 Å². The second kappa shape index (κ2) is 6.05. The topological polar surface area (TPSA) is 20.3 Å². The molecule has 0 aromatic carbocycles. The molecule has 1 aliphatic heterocycles. The number of rotatable bonds is 7. The van der Waals surface area contributed by atoms with Gasteiger partial charge in [0.15, 0.2) is 0 Å². The summed E-state index contributed by atoms with van der Waals surface area (Å²) in [5.74, 6) is 0.353. The Hall–Kier alpha value is -0.530. The molecular formula is C12H23NO. The Kier molecular flexibility index (Phi) is 4.99. The van der Waals surface area contributed by atoms with Crippen LogP contribution in [-0.2, 0) is 4.79 Å². The molecule has 82 valence electrons. The summed E-state index contributed by atoms with van der Waals surface area (Å²) < 4.78 is 0. The van der Waals surface area contributed by atoms with Crippen molar-refractivity contribution in [2.45, 2.75) is 64.8 Å². The number of hydrogen-bond donors (Lipinski definition) is 0. The second-order valence-electron chi connectivity index (χ2n) is 4.41. The normalized spacial score (nSPS) is 21.1. The summed E-state index contributed by atoms with van der Waals surface area (Å²) in [5.41, 5.74) is 0. The average molecular weight is 197 g/mol. The Labute approximate surface area is 87.7 Å². The lowest BCUT2D eigenvalue weighted by atomic mass is 10.0. The lowest BCUT2D eigenvalue weighted by Crippen LogP contribution is -2.51. The first kappa shape index (κ1) is 11.5. The van der Waals surface area contributed by atoms with E-state index in [9.17, 15) is 4.79 Å². The average Bonchev–Trinajstić information content (AvgIpc) is 2.16. The van der Waals surface area contributed by atoms with Crippen LogP contribution in [0.4, 0.5) is 0 Å². The quantitative estimate of drug-likeness (QED) is 0.454. The van der Waals surface area contributed by atoms with Crippen molar-refractivity contribution >= 4 is 5.91 Å². The van der Waals surface area contributed by atoms with E-state index in [1.165, 1.54) is 38.5 Å². The summed E-state index contributed by atoms with van der Waals surface area (Å²) in [7, 11) is 0. The van der Waals surface area contributed by atoms with E-state index in [1.54, 1.807) is 0 Å². The van der Waals surface area contributed by atoms with Crippen LogP contribution in [0.25, 0.3) is 0 Å². The molecule has 0 bridgehead atoms. The fourth-order valence-corrected chi connectivity index (χ4v) is 2.02. The molecule has 1 rings (SSSR count). The zero-order valence-electron chi connectivity index (χ0n) is 9.59. The maximum absolute atomic E-state index is 11.1. The first-order chi connectivity index (χ1) is 6.75. The number of likely N-dealkylation sites (tertiary alicyclic amines) is 1. The van der Waals surface area contributed by atoms with E-state index in [1.807, 2.05) is 4.90 Å². The number of carbonyl (C=O) groups is 1.